The highest BCUT2D eigenvalue weighted by molar-refractivity contribution is 5.87. The quantitative estimate of drug-likeness (QED) is 0.280. The second-order valence-electron chi connectivity index (χ2n) is 10.6. The monoisotopic (exact) mass is 555 g/mol. The molecule has 1 fully saturated rings. The van der Waals surface area contributed by atoms with Gasteiger partial charge >= 0.3 is 0 Å². The fourth-order valence-corrected chi connectivity index (χ4v) is 6.01. The van der Waals surface area contributed by atoms with E-state index in [9.17, 15) is 4.79 Å². The average Bonchev–Trinajstić information content (AvgIpc) is 3.64. The van der Waals surface area contributed by atoms with Crippen molar-refractivity contribution in [3.8, 4) is 23.0 Å². The average molecular weight is 556 g/mol. The van der Waals surface area contributed by atoms with Gasteiger partial charge in [-0.05, 0) is 53.9 Å². The Labute approximate surface area is 241 Å². The van der Waals surface area contributed by atoms with Gasteiger partial charge in [-0.1, -0.05) is 24.3 Å². The third-order valence-corrected chi connectivity index (χ3v) is 8.26. The maximum Gasteiger partial charge on any atom is 0.231 e. The van der Waals surface area contributed by atoms with Crippen LogP contribution in [0.4, 0.5) is 0 Å². The molecule has 3 heterocycles. The number of fused-ring (bicyclic) bond motifs is 2. The summed E-state index contributed by atoms with van der Waals surface area (Å²) >= 11 is 0. The number of carbonyl (C=O) groups is 1. The first-order valence-electron chi connectivity index (χ1n) is 14.3. The molecule has 0 N–H and O–H groups in total. The summed E-state index contributed by atoms with van der Waals surface area (Å²) in [6.45, 7) is 7.16. The summed E-state index contributed by atoms with van der Waals surface area (Å²) in [6.07, 6.45) is 2.58. The number of amides is 1. The van der Waals surface area contributed by atoms with Gasteiger partial charge in [0.1, 0.15) is 11.5 Å². The number of carbonyl (C=O) groups excluding carboxylic acids is 1. The predicted molar refractivity (Wildman–Crippen MR) is 158 cm³/mol. The Balaban J connectivity index is 1.22. The highest BCUT2D eigenvalue weighted by Crippen LogP contribution is 2.38. The van der Waals surface area contributed by atoms with E-state index in [0.717, 1.165) is 48.8 Å². The van der Waals surface area contributed by atoms with Gasteiger partial charge in [-0.25, -0.2) is 0 Å². The Kier molecular flexibility index (Phi) is 7.74. The van der Waals surface area contributed by atoms with E-state index in [1.165, 1.54) is 16.5 Å². The summed E-state index contributed by atoms with van der Waals surface area (Å²) in [5.41, 5.74) is 4.52. The minimum Gasteiger partial charge on any atom is -0.497 e. The van der Waals surface area contributed by atoms with Crippen molar-refractivity contribution in [2.24, 2.45) is 0 Å². The molecule has 0 unspecified atom stereocenters. The van der Waals surface area contributed by atoms with E-state index in [2.05, 4.69) is 59.0 Å². The molecule has 0 bridgehead atoms. The molecule has 1 atom stereocenters. The van der Waals surface area contributed by atoms with Gasteiger partial charge < -0.3 is 28.4 Å². The summed E-state index contributed by atoms with van der Waals surface area (Å²) in [6, 6.07) is 20.5. The molecule has 1 amide bonds. The van der Waals surface area contributed by atoms with Crippen molar-refractivity contribution < 1.29 is 23.7 Å². The highest BCUT2D eigenvalue weighted by atomic mass is 16.7. The number of nitrogens with zero attached hydrogens (tertiary/aromatic N) is 3. The Morgan fingerprint density at radius 3 is 2.37 bits per heavy atom. The van der Waals surface area contributed by atoms with Crippen molar-refractivity contribution in [1.82, 2.24) is 14.4 Å². The first-order valence-corrected chi connectivity index (χ1v) is 14.3. The van der Waals surface area contributed by atoms with Gasteiger partial charge in [0.2, 0.25) is 12.7 Å². The van der Waals surface area contributed by atoms with Crippen LogP contribution in [0.1, 0.15) is 36.0 Å². The van der Waals surface area contributed by atoms with Crippen molar-refractivity contribution in [3.63, 3.8) is 0 Å². The molecule has 8 heteroatoms. The van der Waals surface area contributed by atoms with E-state index in [0.29, 0.717) is 31.0 Å². The van der Waals surface area contributed by atoms with E-state index < -0.39 is 0 Å². The van der Waals surface area contributed by atoms with Gasteiger partial charge in [0.25, 0.3) is 0 Å². The molecule has 8 nitrogen and oxygen atoms in total. The lowest BCUT2D eigenvalue weighted by Gasteiger charge is -2.35. The van der Waals surface area contributed by atoms with Crippen LogP contribution in [0.5, 0.6) is 23.0 Å². The fourth-order valence-electron chi connectivity index (χ4n) is 6.01. The van der Waals surface area contributed by atoms with E-state index in [-0.39, 0.29) is 18.6 Å². The number of benzene rings is 3. The lowest BCUT2D eigenvalue weighted by atomic mass is 9.87. The molecule has 1 saturated heterocycles. The van der Waals surface area contributed by atoms with E-state index in [4.69, 9.17) is 18.9 Å². The summed E-state index contributed by atoms with van der Waals surface area (Å²) in [4.78, 5) is 18.3. The molecule has 6 rings (SSSR count). The van der Waals surface area contributed by atoms with Gasteiger partial charge in [-0.15, -0.1) is 0 Å². The third-order valence-electron chi connectivity index (χ3n) is 8.26. The predicted octanol–water partition coefficient (Wildman–Crippen LogP) is 5.27. The molecule has 2 aliphatic heterocycles. The number of para-hydroxylation sites is 1. The zero-order valence-corrected chi connectivity index (χ0v) is 24.0. The van der Waals surface area contributed by atoms with Gasteiger partial charge in [0.05, 0.1) is 14.2 Å². The lowest BCUT2D eigenvalue weighted by Crippen LogP contribution is -2.48. The van der Waals surface area contributed by atoms with Gasteiger partial charge in [-0.3, -0.25) is 9.69 Å². The summed E-state index contributed by atoms with van der Waals surface area (Å²) in [7, 11) is 3.31. The number of aromatic nitrogens is 1. The smallest absolute Gasteiger partial charge is 0.231 e. The number of hydrogen-bond acceptors (Lipinski definition) is 6. The molecule has 0 radical (unpaired) electrons. The van der Waals surface area contributed by atoms with Crippen LogP contribution in [0, 0.1) is 0 Å². The normalized spacial score (nSPS) is 15.7. The Morgan fingerprint density at radius 1 is 0.902 bits per heavy atom. The Hall–Kier alpha value is -4.17. The number of hydrogen-bond donors (Lipinski definition) is 0. The summed E-state index contributed by atoms with van der Waals surface area (Å²) in [5, 5.41) is 1.17. The number of ether oxygens (including phenoxy) is 4. The number of methoxy groups -OCH3 is 2. The van der Waals surface area contributed by atoms with E-state index in [1.807, 2.05) is 29.2 Å². The molecular weight excluding hydrogens is 518 g/mol. The maximum atomic E-state index is 13.9. The van der Waals surface area contributed by atoms with Crippen LogP contribution in [0.25, 0.3) is 10.9 Å². The topological polar surface area (TPSA) is 65.4 Å². The van der Waals surface area contributed by atoms with Gasteiger partial charge in [-0.2, -0.15) is 0 Å². The van der Waals surface area contributed by atoms with Gasteiger partial charge in [0, 0.05) is 74.8 Å². The van der Waals surface area contributed by atoms with Crippen LogP contribution < -0.4 is 18.9 Å². The molecule has 0 saturated carbocycles. The standard InChI is InChI=1S/C33H37N3O5/c1-4-35-21-29(27-7-5-6-8-30(27)35)28(24-16-25(38-2)18-26(17-24)39-3)19-33(37)36-13-11-34(12-14-36)20-23-9-10-31-32(15-23)41-22-40-31/h5-10,15-18,21,28H,4,11-14,19-20,22H2,1-3H3/t28-/m1/s1. The van der Waals surface area contributed by atoms with Crippen LogP contribution in [-0.4, -0.2) is 67.5 Å². The molecule has 214 valence electrons. The summed E-state index contributed by atoms with van der Waals surface area (Å²) in [5.74, 6) is 3.06. The van der Waals surface area contributed by atoms with Crippen LogP contribution in [0.3, 0.4) is 0 Å². The fraction of sp³-hybridized carbons (Fsp3) is 0.364. The van der Waals surface area contributed by atoms with E-state index in [1.54, 1.807) is 14.2 Å². The molecule has 4 aromatic rings. The Morgan fingerprint density at radius 2 is 1.63 bits per heavy atom. The molecule has 41 heavy (non-hydrogen) atoms. The van der Waals surface area contributed by atoms with Crippen LogP contribution in [0.2, 0.25) is 0 Å². The second-order valence-corrected chi connectivity index (χ2v) is 10.6. The lowest BCUT2D eigenvalue weighted by molar-refractivity contribution is -0.133. The zero-order chi connectivity index (χ0) is 28.3. The Bertz CT molecular complexity index is 1520. The molecule has 0 aliphatic carbocycles. The second kappa shape index (κ2) is 11.7. The van der Waals surface area contributed by atoms with Crippen molar-refractivity contribution in [1.29, 1.82) is 0 Å². The van der Waals surface area contributed by atoms with Crippen molar-refractivity contribution in [2.75, 3.05) is 47.2 Å². The highest BCUT2D eigenvalue weighted by Gasteiger charge is 2.28. The molecule has 2 aliphatic rings. The first kappa shape index (κ1) is 27.0. The summed E-state index contributed by atoms with van der Waals surface area (Å²) < 4.78 is 24.4. The largest absolute Gasteiger partial charge is 0.497 e. The van der Waals surface area contributed by atoms with Crippen LogP contribution in [0.15, 0.2) is 66.9 Å². The third kappa shape index (κ3) is 5.57. The number of piperazine rings is 1. The first-order chi connectivity index (χ1) is 20.1. The SMILES string of the molecule is CCn1cc([C@H](CC(=O)N2CCN(Cc3ccc4c(c3)OCO4)CC2)c2cc(OC)cc(OC)c2)c2ccccc21. The number of rotatable bonds is 9. The maximum absolute atomic E-state index is 13.9. The minimum absolute atomic E-state index is 0.143. The molecule has 1 aromatic heterocycles. The van der Waals surface area contributed by atoms with Crippen molar-refractivity contribution >= 4 is 16.8 Å². The minimum atomic E-state index is -0.143. The van der Waals surface area contributed by atoms with Crippen LogP contribution >= 0.6 is 0 Å². The van der Waals surface area contributed by atoms with Crippen molar-refractivity contribution in [3.05, 3.63) is 83.6 Å². The van der Waals surface area contributed by atoms with Gasteiger partial charge in [0.15, 0.2) is 11.5 Å². The molecule has 0 spiro atoms. The van der Waals surface area contributed by atoms with Crippen LogP contribution in [-0.2, 0) is 17.9 Å². The molecular formula is C33H37N3O5. The van der Waals surface area contributed by atoms with E-state index >= 15 is 0 Å². The van der Waals surface area contributed by atoms with Crippen molar-refractivity contribution in [2.45, 2.75) is 32.4 Å². The zero-order valence-electron chi connectivity index (χ0n) is 24.0. The number of aryl methyl sites for hydroxylation is 1. The molecule has 3 aromatic carbocycles.